The summed E-state index contributed by atoms with van der Waals surface area (Å²) in [5.41, 5.74) is 5.96. The van der Waals surface area contributed by atoms with Gasteiger partial charge in [-0.3, -0.25) is 4.79 Å². The van der Waals surface area contributed by atoms with Crippen LogP contribution in [0.1, 0.15) is 42.9 Å². The molecule has 0 aromatic carbocycles. The van der Waals surface area contributed by atoms with Gasteiger partial charge >= 0.3 is 0 Å². The van der Waals surface area contributed by atoms with E-state index in [0.29, 0.717) is 5.69 Å². The van der Waals surface area contributed by atoms with Gasteiger partial charge in [-0.1, -0.05) is 13.8 Å². The summed E-state index contributed by atoms with van der Waals surface area (Å²) in [5, 5.41) is 0. The number of carbonyl (C=O) groups excluding carboxylic acids is 1. The van der Waals surface area contributed by atoms with Crippen LogP contribution in [0.15, 0.2) is 4.42 Å². The molecule has 0 bridgehead atoms. The van der Waals surface area contributed by atoms with Crippen LogP contribution in [-0.2, 0) is 0 Å². The molecule has 0 radical (unpaired) electrons. The third-order valence-electron chi connectivity index (χ3n) is 1.54. The summed E-state index contributed by atoms with van der Waals surface area (Å²) < 4.78 is 4.95. The Hall–Kier alpha value is -1.32. The van der Waals surface area contributed by atoms with Crippen molar-refractivity contribution in [2.24, 2.45) is 0 Å². The molecule has 4 nitrogen and oxygen atoms in total. The molecule has 0 aliphatic rings. The largest absolute Gasteiger partial charge is 0.420 e. The number of hydrogen-bond donors (Lipinski definition) is 1. The highest BCUT2D eigenvalue weighted by Crippen LogP contribution is 2.21. The van der Waals surface area contributed by atoms with Crippen molar-refractivity contribution >= 4 is 11.8 Å². The monoisotopic (exact) mass is 168 g/mol. The molecule has 0 aliphatic carbocycles. The van der Waals surface area contributed by atoms with Gasteiger partial charge < -0.3 is 10.2 Å². The van der Waals surface area contributed by atoms with Crippen LogP contribution in [0.25, 0.3) is 0 Å². The third kappa shape index (κ3) is 1.47. The van der Waals surface area contributed by atoms with Crippen LogP contribution in [0.5, 0.6) is 0 Å². The lowest BCUT2D eigenvalue weighted by Gasteiger charge is -1.98. The van der Waals surface area contributed by atoms with Gasteiger partial charge in [0, 0.05) is 6.92 Å². The highest BCUT2D eigenvalue weighted by Gasteiger charge is 2.17. The zero-order valence-electron chi connectivity index (χ0n) is 7.42. The summed E-state index contributed by atoms with van der Waals surface area (Å²) in [6.07, 6.45) is 0. The van der Waals surface area contributed by atoms with Crippen molar-refractivity contribution in [2.45, 2.75) is 26.7 Å². The Morgan fingerprint density at radius 2 is 2.17 bits per heavy atom. The summed E-state index contributed by atoms with van der Waals surface area (Å²) in [6.45, 7) is 5.30. The number of nitrogens with two attached hydrogens (primary N) is 1. The minimum absolute atomic E-state index is 0.0592. The molecule has 1 aromatic heterocycles. The first-order valence-corrected chi connectivity index (χ1v) is 3.79. The van der Waals surface area contributed by atoms with Gasteiger partial charge in [-0.05, 0) is 5.92 Å². The molecule has 1 aromatic rings. The lowest BCUT2D eigenvalue weighted by molar-refractivity contribution is 0.0986. The fraction of sp³-hybridized carbons (Fsp3) is 0.500. The zero-order valence-corrected chi connectivity index (χ0v) is 7.42. The number of anilines is 1. The lowest BCUT2D eigenvalue weighted by Crippen LogP contribution is -1.98. The van der Waals surface area contributed by atoms with Crippen molar-refractivity contribution in [2.75, 3.05) is 5.73 Å². The number of oxazole rings is 1. The molecule has 1 rings (SSSR count). The number of aromatic nitrogens is 1. The summed E-state index contributed by atoms with van der Waals surface area (Å²) in [4.78, 5) is 14.9. The Morgan fingerprint density at radius 3 is 2.50 bits per heavy atom. The quantitative estimate of drug-likeness (QED) is 0.680. The van der Waals surface area contributed by atoms with Gasteiger partial charge in [0.15, 0.2) is 11.5 Å². The van der Waals surface area contributed by atoms with Gasteiger partial charge in [0.05, 0.1) is 5.69 Å². The van der Waals surface area contributed by atoms with E-state index < -0.39 is 0 Å². The molecular weight excluding hydrogens is 156 g/mol. The van der Waals surface area contributed by atoms with Crippen molar-refractivity contribution in [1.82, 2.24) is 4.98 Å². The fourth-order valence-corrected chi connectivity index (χ4v) is 0.993. The van der Waals surface area contributed by atoms with Crippen molar-refractivity contribution in [3.05, 3.63) is 11.5 Å². The molecule has 0 fully saturated rings. The van der Waals surface area contributed by atoms with Crippen LogP contribution in [0.2, 0.25) is 0 Å². The molecule has 1 heterocycles. The molecular formula is C8H12N2O2. The predicted octanol–water partition coefficient (Wildman–Crippen LogP) is 1.58. The SMILES string of the molecule is CC(=O)c1oc(N)nc1C(C)C. The molecule has 0 aliphatic heterocycles. The van der Waals surface area contributed by atoms with E-state index in [-0.39, 0.29) is 23.5 Å². The highest BCUT2D eigenvalue weighted by molar-refractivity contribution is 5.92. The molecule has 0 saturated heterocycles. The van der Waals surface area contributed by atoms with Gasteiger partial charge in [0.25, 0.3) is 6.01 Å². The summed E-state index contributed by atoms with van der Waals surface area (Å²) in [7, 11) is 0. The molecule has 0 unspecified atom stereocenters. The standard InChI is InChI=1S/C8H12N2O2/c1-4(2)6-7(5(3)11)12-8(9)10-6/h4H,1-3H3,(H2,9,10). The number of nitrogen functional groups attached to an aromatic ring is 1. The number of rotatable bonds is 2. The molecule has 66 valence electrons. The Balaban J connectivity index is 3.17. The Kier molecular flexibility index (Phi) is 2.17. The first-order valence-electron chi connectivity index (χ1n) is 3.79. The van der Waals surface area contributed by atoms with Crippen LogP contribution < -0.4 is 5.73 Å². The maximum atomic E-state index is 11.0. The minimum Gasteiger partial charge on any atom is -0.420 e. The Morgan fingerprint density at radius 1 is 1.58 bits per heavy atom. The molecule has 0 atom stereocenters. The molecule has 4 heteroatoms. The second kappa shape index (κ2) is 2.97. The van der Waals surface area contributed by atoms with Crippen LogP contribution in [0, 0.1) is 0 Å². The van der Waals surface area contributed by atoms with Crippen LogP contribution in [0.4, 0.5) is 6.01 Å². The molecule has 12 heavy (non-hydrogen) atoms. The van der Waals surface area contributed by atoms with Crippen molar-refractivity contribution in [3.63, 3.8) is 0 Å². The maximum Gasteiger partial charge on any atom is 0.292 e. The molecule has 0 amide bonds. The third-order valence-corrected chi connectivity index (χ3v) is 1.54. The van der Waals surface area contributed by atoms with Gasteiger partial charge in [0.2, 0.25) is 0 Å². The first-order chi connectivity index (χ1) is 5.52. The van der Waals surface area contributed by atoms with Crippen LogP contribution in [-0.4, -0.2) is 10.8 Å². The van der Waals surface area contributed by atoms with E-state index in [9.17, 15) is 4.79 Å². The van der Waals surface area contributed by atoms with Gasteiger partial charge in [-0.2, -0.15) is 4.98 Å². The molecule has 0 spiro atoms. The predicted molar refractivity (Wildman–Crippen MR) is 45.0 cm³/mol. The number of Topliss-reactive ketones (excluding diaryl/α,β-unsaturated/α-hetero) is 1. The molecule has 0 saturated carbocycles. The first kappa shape index (κ1) is 8.77. The van der Waals surface area contributed by atoms with E-state index in [0.717, 1.165) is 0 Å². The van der Waals surface area contributed by atoms with Gasteiger partial charge in [0.1, 0.15) is 0 Å². The van der Waals surface area contributed by atoms with E-state index in [1.165, 1.54) is 6.92 Å². The van der Waals surface area contributed by atoms with E-state index in [4.69, 9.17) is 10.2 Å². The average Bonchev–Trinajstić information content (AvgIpc) is 2.31. The maximum absolute atomic E-state index is 11.0. The van der Waals surface area contributed by atoms with Gasteiger partial charge in [-0.25, -0.2) is 0 Å². The Labute approximate surface area is 70.8 Å². The second-order valence-electron chi connectivity index (χ2n) is 2.98. The zero-order chi connectivity index (χ0) is 9.30. The van der Waals surface area contributed by atoms with E-state index in [2.05, 4.69) is 4.98 Å². The normalized spacial score (nSPS) is 10.7. The Bertz CT molecular complexity index is 302. The number of nitrogens with zero attached hydrogens (tertiary/aromatic N) is 1. The van der Waals surface area contributed by atoms with Crippen molar-refractivity contribution in [3.8, 4) is 0 Å². The fourth-order valence-electron chi connectivity index (χ4n) is 0.993. The average molecular weight is 168 g/mol. The van der Waals surface area contributed by atoms with Crippen LogP contribution in [0.3, 0.4) is 0 Å². The highest BCUT2D eigenvalue weighted by atomic mass is 16.4. The lowest BCUT2D eigenvalue weighted by atomic mass is 10.1. The smallest absolute Gasteiger partial charge is 0.292 e. The summed E-state index contributed by atoms with van der Waals surface area (Å²) >= 11 is 0. The van der Waals surface area contributed by atoms with E-state index in [1.54, 1.807) is 0 Å². The van der Waals surface area contributed by atoms with E-state index in [1.807, 2.05) is 13.8 Å². The number of hydrogen-bond acceptors (Lipinski definition) is 4. The van der Waals surface area contributed by atoms with Crippen molar-refractivity contribution in [1.29, 1.82) is 0 Å². The summed E-state index contributed by atoms with van der Waals surface area (Å²) in [5.74, 6) is 0.301. The molecule has 2 N–H and O–H groups in total. The summed E-state index contributed by atoms with van der Waals surface area (Å²) in [6, 6.07) is 0.0592. The van der Waals surface area contributed by atoms with Crippen molar-refractivity contribution < 1.29 is 9.21 Å². The number of carbonyl (C=O) groups is 1. The van der Waals surface area contributed by atoms with E-state index >= 15 is 0 Å². The van der Waals surface area contributed by atoms with Gasteiger partial charge in [-0.15, -0.1) is 0 Å². The topological polar surface area (TPSA) is 69.1 Å². The van der Waals surface area contributed by atoms with Crippen LogP contribution >= 0.6 is 0 Å². The minimum atomic E-state index is -0.136. The second-order valence-corrected chi connectivity index (χ2v) is 2.98. The number of ketones is 1.